The van der Waals surface area contributed by atoms with Crippen LogP contribution in [0.5, 0.6) is 0 Å². The van der Waals surface area contributed by atoms with E-state index in [0.29, 0.717) is 26.2 Å². The minimum absolute atomic E-state index is 0.228. The summed E-state index contributed by atoms with van der Waals surface area (Å²) in [6.07, 6.45) is 3.40. The number of rotatable bonds is 3. The average molecular weight is 383 g/mol. The van der Waals surface area contributed by atoms with Gasteiger partial charge in [0.1, 0.15) is 10.7 Å². The second-order valence-corrected chi connectivity index (χ2v) is 8.97. The summed E-state index contributed by atoms with van der Waals surface area (Å²) in [5.41, 5.74) is 0.228. The van der Waals surface area contributed by atoms with Gasteiger partial charge in [-0.3, -0.25) is 4.79 Å². The first-order chi connectivity index (χ1) is 12.4. The van der Waals surface area contributed by atoms with E-state index in [9.17, 15) is 17.6 Å². The third kappa shape index (κ3) is 4.07. The van der Waals surface area contributed by atoms with Gasteiger partial charge in [0.25, 0.3) is 5.91 Å². The molecular weight excluding hydrogens is 357 g/mol. The minimum Gasteiger partial charge on any atom is -0.337 e. The lowest BCUT2D eigenvalue weighted by atomic mass is 10.2. The highest BCUT2D eigenvalue weighted by Gasteiger charge is 2.30. The Balaban J connectivity index is 1.86. The van der Waals surface area contributed by atoms with Crippen molar-refractivity contribution in [3.63, 3.8) is 0 Å². The molecule has 0 atom stereocenters. The Labute approximate surface area is 154 Å². The Kier molecular flexibility index (Phi) is 5.94. The number of sulfonamides is 1. The maximum absolute atomic E-state index is 14.3. The Hall–Kier alpha value is -1.51. The number of benzene rings is 1. The van der Waals surface area contributed by atoms with Crippen molar-refractivity contribution in [2.24, 2.45) is 0 Å². The zero-order valence-corrected chi connectivity index (χ0v) is 16.0. The Morgan fingerprint density at radius 3 is 2.42 bits per heavy atom. The molecule has 2 aliphatic rings. The molecule has 0 aromatic heterocycles. The molecule has 3 rings (SSSR count). The summed E-state index contributed by atoms with van der Waals surface area (Å²) >= 11 is 0. The summed E-state index contributed by atoms with van der Waals surface area (Å²) in [5.74, 6) is -1.04. The fourth-order valence-corrected chi connectivity index (χ4v) is 5.12. The number of hydrogen-bond acceptors (Lipinski definition) is 4. The summed E-state index contributed by atoms with van der Waals surface area (Å²) in [5, 5.41) is 0. The van der Waals surface area contributed by atoms with Crippen LogP contribution in [0.2, 0.25) is 0 Å². The zero-order valence-electron chi connectivity index (χ0n) is 15.2. The van der Waals surface area contributed by atoms with Gasteiger partial charge in [0, 0.05) is 38.3 Å². The van der Waals surface area contributed by atoms with Crippen LogP contribution >= 0.6 is 0 Å². The lowest BCUT2D eigenvalue weighted by Gasteiger charge is -2.26. The molecule has 1 amide bonds. The number of nitrogens with zero attached hydrogens (tertiary/aromatic N) is 3. The molecule has 8 heteroatoms. The molecule has 2 aliphatic heterocycles. The smallest absolute Gasteiger partial charge is 0.253 e. The van der Waals surface area contributed by atoms with E-state index in [1.165, 1.54) is 16.4 Å². The lowest BCUT2D eigenvalue weighted by molar-refractivity contribution is 0.0762. The van der Waals surface area contributed by atoms with Crippen LogP contribution in [0.1, 0.15) is 36.0 Å². The highest BCUT2D eigenvalue weighted by molar-refractivity contribution is 7.89. The Morgan fingerprint density at radius 2 is 1.69 bits per heavy atom. The second kappa shape index (κ2) is 8.02. The molecule has 0 N–H and O–H groups in total. The molecule has 0 saturated carbocycles. The van der Waals surface area contributed by atoms with Gasteiger partial charge in [-0.2, -0.15) is 4.31 Å². The number of halogens is 1. The average Bonchev–Trinajstić information content (AvgIpc) is 2.86. The Bertz CT molecular complexity index is 763. The molecule has 0 spiro atoms. The summed E-state index contributed by atoms with van der Waals surface area (Å²) in [4.78, 5) is 16.3. The van der Waals surface area contributed by atoms with Crippen molar-refractivity contribution < 1.29 is 17.6 Å². The van der Waals surface area contributed by atoms with Gasteiger partial charge in [0.15, 0.2) is 0 Å². The van der Waals surface area contributed by atoms with E-state index in [0.717, 1.165) is 44.8 Å². The number of piperidine rings is 1. The van der Waals surface area contributed by atoms with Crippen molar-refractivity contribution in [3.8, 4) is 0 Å². The van der Waals surface area contributed by atoms with Gasteiger partial charge in [-0.25, -0.2) is 12.8 Å². The van der Waals surface area contributed by atoms with Gasteiger partial charge in [-0.15, -0.1) is 0 Å². The monoisotopic (exact) mass is 383 g/mol. The van der Waals surface area contributed by atoms with Gasteiger partial charge in [0.05, 0.1) is 0 Å². The van der Waals surface area contributed by atoms with Gasteiger partial charge in [0.2, 0.25) is 10.0 Å². The molecule has 6 nitrogen and oxygen atoms in total. The first-order valence-electron chi connectivity index (χ1n) is 9.17. The zero-order chi connectivity index (χ0) is 18.7. The first-order valence-corrected chi connectivity index (χ1v) is 10.6. The minimum atomic E-state index is -3.92. The van der Waals surface area contributed by atoms with Crippen molar-refractivity contribution in [2.75, 3.05) is 46.3 Å². The third-order valence-electron chi connectivity index (χ3n) is 5.12. The van der Waals surface area contributed by atoms with Crippen molar-refractivity contribution in [2.45, 2.75) is 30.6 Å². The quantitative estimate of drug-likeness (QED) is 0.798. The maximum atomic E-state index is 14.3. The van der Waals surface area contributed by atoms with Crippen molar-refractivity contribution in [1.82, 2.24) is 14.1 Å². The van der Waals surface area contributed by atoms with Gasteiger partial charge in [-0.1, -0.05) is 6.42 Å². The standard InChI is InChI=1S/C18H26FN3O3S/c1-20-8-5-9-21(13-12-20)18(23)15-6-7-16(19)17(14-15)26(24,25)22-10-3-2-4-11-22/h6-7,14H,2-5,8-13H2,1H3. The molecule has 144 valence electrons. The molecule has 0 bridgehead atoms. The van der Waals surface area contributed by atoms with E-state index in [2.05, 4.69) is 4.90 Å². The molecule has 0 unspecified atom stereocenters. The molecule has 2 heterocycles. The predicted molar refractivity (Wildman–Crippen MR) is 97.0 cm³/mol. The second-order valence-electron chi connectivity index (χ2n) is 7.06. The van der Waals surface area contributed by atoms with Crippen LogP contribution in [0.25, 0.3) is 0 Å². The third-order valence-corrected chi connectivity index (χ3v) is 7.03. The fraction of sp³-hybridized carbons (Fsp3) is 0.611. The number of hydrogen-bond donors (Lipinski definition) is 0. The molecular formula is C18H26FN3O3S. The SMILES string of the molecule is CN1CCCN(C(=O)c2ccc(F)c(S(=O)(=O)N3CCCCC3)c2)CC1. The van der Waals surface area contributed by atoms with Crippen LogP contribution < -0.4 is 0 Å². The van der Waals surface area contributed by atoms with Gasteiger partial charge in [-0.05, 0) is 51.1 Å². The van der Waals surface area contributed by atoms with E-state index in [-0.39, 0.29) is 11.5 Å². The van der Waals surface area contributed by atoms with E-state index in [1.807, 2.05) is 7.05 Å². The van der Waals surface area contributed by atoms with Crippen molar-refractivity contribution in [1.29, 1.82) is 0 Å². The number of likely N-dealkylation sites (N-methyl/N-ethyl adjacent to an activating group) is 1. The molecule has 26 heavy (non-hydrogen) atoms. The molecule has 0 aliphatic carbocycles. The summed E-state index contributed by atoms with van der Waals surface area (Å²) in [6, 6.07) is 3.67. The topological polar surface area (TPSA) is 60.9 Å². The van der Waals surface area contributed by atoms with Crippen LogP contribution in [-0.2, 0) is 10.0 Å². The summed E-state index contributed by atoms with van der Waals surface area (Å²) in [6.45, 7) is 3.69. The van der Waals surface area contributed by atoms with Gasteiger partial charge < -0.3 is 9.80 Å². The normalized spacial score (nSPS) is 20.8. The Morgan fingerprint density at radius 1 is 0.962 bits per heavy atom. The summed E-state index contributed by atoms with van der Waals surface area (Å²) < 4.78 is 41.3. The first kappa shape index (κ1) is 19.3. The van der Waals surface area contributed by atoms with E-state index in [1.54, 1.807) is 4.90 Å². The van der Waals surface area contributed by atoms with E-state index in [4.69, 9.17) is 0 Å². The molecule has 0 radical (unpaired) electrons. The summed E-state index contributed by atoms with van der Waals surface area (Å²) in [7, 11) is -1.91. The van der Waals surface area contributed by atoms with Crippen LogP contribution in [0.4, 0.5) is 4.39 Å². The van der Waals surface area contributed by atoms with Crippen LogP contribution in [-0.4, -0.2) is 74.7 Å². The maximum Gasteiger partial charge on any atom is 0.253 e. The van der Waals surface area contributed by atoms with E-state index < -0.39 is 20.7 Å². The van der Waals surface area contributed by atoms with Crippen molar-refractivity contribution in [3.05, 3.63) is 29.6 Å². The molecule has 2 saturated heterocycles. The highest BCUT2D eigenvalue weighted by atomic mass is 32.2. The predicted octanol–water partition coefficient (Wildman–Crippen LogP) is 1.78. The highest BCUT2D eigenvalue weighted by Crippen LogP contribution is 2.24. The molecule has 1 aromatic rings. The molecule has 1 aromatic carbocycles. The fourth-order valence-electron chi connectivity index (χ4n) is 3.51. The van der Waals surface area contributed by atoms with Crippen LogP contribution in [0.3, 0.4) is 0 Å². The lowest BCUT2D eigenvalue weighted by Crippen LogP contribution is -2.37. The van der Waals surface area contributed by atoms with E-state index >= 15 is 0 Å². The number of amides is 1. The number of carbonyl (C=O) groups excluding carboxylic acids is 1. The van der Waals surface area contributed by atoms with Crippen LogP contribution in [0, 0.1) is 5.82 Å². The number of carbonyl (C=O) groups is 1. The largest absolute Gasteiger partial charge is 0.337 e. The molecule has 2 fully saturated rings. The van der Waals surface area contributed by atoms with Crippen LogP contribution in [0.15, 0.2) is 23.1 Å². The van der Waals surface area contributed by atoms with Crippen molar-refractivity contribution >= 4 is 15.9 Å². The van der Waals surface area contributed by atoms with Gasteiger partial charge >= 0.3 is 0 Å².